The topological polar surface area (TPSA) is 25.0 Å². The largest absolute Gasteiger partial charge is 0.493 e. The molecule has 1 aliphatic carbocycles. The van der Waals surface area contributed by atoms with Crippen molar-refractivity contribution in [3.05, 3.63) is 102 Å². The van der Waals surface area contributed by atoms with Crippen molar-refractivity contribution >= 4 is 54.1 Å². The summed E-state index contributed by atoms with van der Waals surface area (Å²) in [6.45, 7) is 5.31. The van der Waals surface area contributed by atoms with Gasteiger partial charge in [0, 0.05) is 27.2 Å². The smallest absolute Gasteiger partial charge is 0.128 e. The Morgan fingerprint density at radius 2 is 1.38 bits per heavy atom. The lowest BCUT2D eigenvalue weighted by Gasteiger charge is -2.16. The molecule has 0 unspecified atom stereocenters. The van der Waals surface area contributed by atoms with Crippen LogP contribution in [-0.4, -0.2) is 11.6 Å². The Morgan fingerprint density at radius 3 is 2.17 bits per heavy atom. The Morgan fingerprint density at radius 1 is 0.690 bits per heavy atom. The summed E-state index contributed by atoms with van der Waals surface area (Å²) in [4.78, 5) is 3.86. The van der Waals surface area contributed by atoms with E-state index >= 15 is 0 Å². The van der Waals surface area contributed by atoms with E-state index in [4.69, 9.17) is 4.74 Å². The number of hydrogen-bond donors (Lipinski definition) is 1. The van der Waals surface area contributed by atoms with E-state index in [1.807, 2.05) is 0 Å². The van der Waals surface area contributed by atoms with Crippen molar-refractivity contribution in [1.82, 2.24) is 4.98 Å². The lowest BCUT2D eigenvalue weighted by atomic mass is 9.93. The van der Waals surface area contributed by atoms with E-state index < -0.39 is 0 Å². The molecular weight excluding hydrogens is 510 g/mol. The van der Waals surface area contributed by atoms with E-state index in [0.29, 0.717) is 0 Å². The van der Waals surface area contributed by atoms with Crippen molar-refractivity contribution in [2.45, 2.75) is 58.8 Å². The second-order valence-corrected chi connectivity index (χ2v) is 12.3. The number of aryl methyl sites for hydroxylation is 1. The zero-order valence-electron chi connectivity index (χ0n) is 24.6. The minimum Gasteiger partial charge on any atom is -0.493 e. The fraction of sp³-hybridized carbons (Fsp3) is 0.250. The van der Waals surface area contributed by atoms with Gasteiger partial charge in [0.1, 0.15) is 5.75 Å². The molecule has 0 saturated carbocycles. The van der Waals surface area contributed by atoms with Crippen molar-refractivity contribution in [1.29, 1.82) is 0 Å². The first-order valence-corrected chi connectivity index (χ1v) is 15.8. The van der Waals surface area contributed by atoms with Gasteiger partial charge in [0.2, 0.25) is 0 Å². The van der Waals surface area contributed by atoms with Crippen molar-refractivity contribution in [2.24, 2.45) is 0 Å². The molecule has 0 spiro atoms. The summed E-state index contributed by atoms with van der Waals surface area (Å²) in [6, 6.07) is 31.6. The van der Waals surface area contributed by atoms with Crippen LogP contribution in [0.5, 0.6) is 5.75 Å². The number of H-pyrrole nitrogens is 1. The number of fused-ring (bicyclic) bond motifs is 11. The van der Waals surface area contributed by atoms with Gasteiger partial charge in [-0.25, -0.2) is 0 Å². The fourth-order valence-electron chi connectivity index (χ4n) is 7.40. The number of benzene rings is 6. The molecule has 0 bridgehead atoms. The van der Waals surface area contributed by atoms with Crippen LogP contribution in [0.2, 0.25) is 0 Å². The summed E-state index contributed by atoms with van der Waals surface area (Å²) >= 11 is 0. The third kappa shape index (κ3) is 4.08. The molecule has 1 heterocycles. The number of rotatable bonds is 8. The molecule has 1 aromatic heterocycles. The van der Waals surface area contributed by atoms with Crippen LogP contribution in [-0.2, 0) is 6.42 Å². The predicted molar refractivity (Wildman–Crippen MR) is 180 cm³/mol. The summed E-state index contributed by atoms with van der Waals surface area (Å²) in [5, 5.41) is 10.4. The van der Waals surface area contributed by atoms with Gasteiger partial charge in [-0.05, 0) is 93.2 Å². The van der Waals surface area contributed by atoms with Gasteiger partial charge in [-0.3, -0.25) is 0 Å². The maximum Gasteiger partial charge on any atom is 0.128 e. The molecule has 0 saturated heterocycles. The molecule has 8 rings (SSSR count). The average Bonchev–Trinajstić information content (AvgIpc) is 3.57. The molecule has 0 aliphatic heterocycles. The van der Waals surface area contributed by atoms with Gasteiger partial charge in [0.05, 0.1) is 12.1 Å². The molecule has 2 heteroatoms. The van der Waals surface area contributed by atoms with E-state index in [9.17, 15) is 0 Å². The van der Waals surface area contributed by atoms with E-state index in [-0.39, 0.29) is 0 Å². The van der Waals surface area contributed by atoms with Crippen LogP contribution < -0.4 is 4.74 Å². The molecule has 1 N–H and O–H groups in total. The van der Waals surface area contributed by atoms with E-state index in [0.717, 1.165) is 25.2 Å². The van der Waals surface area contributed by atoms with Crippen LogP contribution >= 0.6 is 0 Å². The number of aromatic nitrogens is 1. The quantitative estimate of drug-likeness (QED) is 0.188. The Balaban J connectivity index is 1.31. The molecule has 0 radical (unpaired) electrons. The molecule has 7 aromatic rings. The third-order valence-electron chi connectivity index (χ3n) is 9.49. The molecule has 208 valence electrons. The average molecular weight is 548 g/mol. The molecular formula is C40H37NO. The van der Waals surface area contributed by atoms with Crippen molar-refractivity contribution in [2.75, 3.05) is 6.61 Å². The molecule has 2 nitrogen and oxygen atoms in total. The van der Waals surface area contributed by atoms with Gasteiger partial charge >= 0.3 is 0 Å². The maximum absolute atomic E-state index is 6.73. The van der Waals surface area contributed by atoms with Crippen molar-refractivity contribution < 1.29 is 4.74 Å². The monoisotopic (exact) mass is 547 g/mol. The fourth-order valence-corrected chi connectivity index (χ4v) is 7.40. The van der Waals surface area contributed by atoms with E-state index in [1.165, 1.54) is 114 Å². The van der Waals surface area contributed by atoms with Gasteiger partial charge in [-0.1, -0.05) is 99.7 Å². The van der Waals surface area contributed by atoms with E-state index in [1.54, 1.807) is 0 Å². The summed E-state index contributed by atoms with van der Waals surface area (Å²) in [5.41, 5.74) is 9.19. The minimum absolute atomic E-state index is 0.764. The maximum atomic E-state index is 6.73. The van der Waals surface area contributed by atoms with Gasteiger partial charge in [0.15, 0.2) is 0 Å². The van der Waals surface area contributed by atoms with Crippen molar-refractivity contribution in [3.8, 4) is 16.9 Å². The SMILES string of the molecule is CCCCCCCCOc1cc2c(cc(C)c3c4cc5ccccc5cc4[nH]c23)c2c1-c1cc3ccccc3cc1C2. The summed E-state index contributed by atoms with van der Waals surface area (Å²) < 4.78 is 6.73. The molecule has 6 aromatic carbocycles. The zero-order valence-corrected chi connectivity index (χ0v) is 24.6. The Kier molecular flexibility index (Phi) is 6.17. The summed E-state index contributed by atoms with van der Waals surface area (Å²) in [6.07, 6.45) is 8.51. The highest BCUT2D eigenvalue weighted by atomic mass is 16.5. The van der Waals surface area contributed by atoms with Crippen LogP contribution in [0.25, 0.3) is 65.3 Å². The first-order valence-electron chi connectivity index (χ1n) is 15.8. The van der Waals surface area contributed by atoms with Crippen LogP contribution in [0, 0.1) is 6.92 Å². The molecule has 0 amide bonds. The number of ether oxygens (including phenoxy) is 1. The highest BCUT2D eigenvalue weighted by Crippen LogP contribution is 2.49. The molecule has 0 atom stereocenters. The van der Waals surface area contributed by atoms with Crippen LogP contribution in [0.1, 0.15) is 62.1 Å². The third-order valence-corrected chi connectivity index (χ3v) is 9.49. The van der Waals surface area contributed by atoms with Crippen LogP contribution in [0.3, 0.4) is 0 Å². The number of aromatic amines is 1. The van der Waals surface area contributed by atoms with Crippen LogP contribution in [0.15, 0.2) is 84.9 Å². The lowest BCUT2D eigenvalue weighted by molar-refractivity contribution is 0.306. The predicted octanol–water partition coefficient (Wildman–Crippen LogP) is 11.4. The Labute approximate surface area is 247 Å². The second kappa shape index (κ2) is 10.2. The molecule has 1 aliphatic rings. The van der Waals surface area contributed by atoms with Gasteiger partial charge in [-0.15, -0.1) is 0 Å². The van der Waals surface area contributed by atoms with Gasteiger partial charge < -0.3 is 9.72 Å². The van der Waals surface area contributed by atoms with Crippen LogP contribution in [0.4, 0.5) is 0 Å². The number of unbranched alkanes of at least 4 members (excludes halogenated alkanes) is 5. The lowest BCUT2D eigenvalue weighted by Crippen LogP contribution is -2.00. The number of hydrogen-bond acceptors (Lipinski definition) is 1. The molecule has 42 heavy (non-hydrogen) atoms. The van der Waals surface area contributed by atoms with Gasteiger partial charge in [0.25, 0.3) is 0 Å². The second-order valence-electron chi connectivity index (χ2n) is 12.3. The first kappa shape index (κ1) is 25.4. The van der Waals surface area contributed by atoms with Gasteiger partial charge in [-0.2, -0.15) is 0 Å². The van der Waals surface area contributed by atoms with E-state index in [2.05, 4.69) is 104 Å². The summed E-state index contributed by atoms with van der Waals surface area (Å²) in [7, 11) is 0. The molecule has 0 fully saturated rings. The van der Waals surface area contributed by atoms with Crippen molar-refractivity contribution in [3.63, 3.8) is 0 Å². The summed E-state index contributed by atoms with van der Waals surface area (Å²) in [5.74, 6) is 1.04. The Bertz CT molecular complexity index is 2150. The minimum atomic E-state index is 0.764. The first-order chi connectivity index (χ1) is 20.7. The standard InChI is InChI=1S/C40H37NO/c1-3-4-5-6-7-12-17-42-37-24-34-32(33-22-30-19-26-13-8-9-14-27(26)20-31(30)39(33)37)18-25(2)38-35-21-28-15-10-11-16-29(28)23-36(35)41-40(34)38/h8-11,13-16,18-21,23-24,41H,3-7,12,17,22H2,1-2H3. The number of nitrogens with one attached hydrogen (secondary N) is 1. The highest BCUT2D eigenvalue weighted by Gasteiger charge is 2.27. The zero-order chi connectivity index (χ0) is 28.2. The highest BCUT2D eigenvalue weighted by molar-refractivity contribution is 6.22. The Hall–Kier alpha value is -4.30. The normalized spacial score (nSPS) is 12.6.